The Morgan fingerprint density at radius 2 is 1.53 bits per heavy atom. The highest BCUT2D eigenvalue weighted by molar-refractivity contribution is 6.03. The molecule has 0 aliphatic carbocycles. The van der Waals surface area contributed by atoms with Gasteiger partial charge in [-0.2, -0.15) is 18.3 Å². The number of aromatic nitrogens is 3. The molecule has 30 heavy (non-hydrogen) atoms. The van der Waals surface area contributed by atoms with Crippen LogP contribution in [0.4, 0.5) is 24.5 Å². The number of carbonyl (C=O) groups is 2. The van der Waals surface area contributed by atoms with Gasteiger partial charge >= 0.3 is 6.18 Å². The Morgan fingerprint density at radius 1 is 0.967 bits per heavy atom. The number of fused-ring (bicyclic) bond motifs is 1. The number of benzene rings is 1. The molecule has 2 N–H and O–H groups in total. The molecule has 0 bridgehead atoms. The maximum absolute atomic E-state index is 13.6. The van der Waals surface area contributed by atoms with Crippen molar-refractivity contribution < 1.29 is 22.8 Å². The lowest BCUT2D eigenvalue weighted by Crippen LogP contribution is -2.20. The Bertz CT molecular complexity index is 1110. The second-order valence-electron chi connectivity index (χ2n) is 7.79. The number of hydrogen-bond donors (Lipinski definition) is 2. The smallest absolute Gasteiger partial charge is 0.326 e. The predicted octanol–water partition coefficient (Wildman–Crippen LogP) is 4.26. The van der Waals surface area contributed by atoms with Crippen molar-refractivity contribution in [2.75, 3.05) is 10.6 Å². The van der Waals surface area contributed by atoms with Crippen molar-refractivity contribution in [2.24, 2.45) is 0 Å². The zero-order valence-electron chi connectivity index (χ0n) is 16.8. The molecule has 3 aromatic rings. The summed E-state index contributed by atoms with van der Waals surface area (Å²) in [5.74, 6) is -0.919. The summed E-state index contributed by atoms with van der Waals surface area (Å²) in [6.45, 7) is 6.62. The van der Waals surface area contributed by atoms with E-state index in [1.54, 1.807) is 45.0 Å². The number of hydrogen-bond acceptors (Lipinski definition) is 4. The number of carbonyl (C=O) groups excluding carboxylic acids is 2. The highest BCUT2D eigenvalue weighted by atomic mass is 19.4. The molecule has 0 atom stereocenters. The van der Waals surface area contributed by atoms with Crippen LogP contribution in [0.15, 0.2) is 36.4 Å². The van der Waals surface area contributed by atoms with Gasteiger partial charge in [0.25, 0.3) is 5.91 Å². The molecule has 3 rings (SSSR count). The SMILES string of the molecule is CC(=O)Nc1ccc(NC(=O)c2cc3nc(C(C)(C)C)cc(C(F)(F)F)n3n2)cc1. The van der Waals surface area contributed by atoms with Gasteiger partial charge < -0.3 is 10.6 Å². The van der Waals surface area contributed by atoms with Crippen LogP contribution in [0.3, 0.4) is 0 Å². The van der Waals surface area contributed by atoms with Gasteiger partial charge in [0, 0.05) is 29.8 Å². The summed E-state index contributed by atoms with van der Waals surface area (Å²) in [4.78, 5) is 27.8. The summed E-state index contributed by atoms with van der Waals surface area (Å²) < 4.78 is 41.3. The van der Waals surface area contributed by atoms with Crippen molar-refractivity contribution in [3.63, 3.8) is 0 Å². The third-order valence-corrected chi connectivity index (χ3v) is 4.18. The molecular weight excluding hydrogens is 399 g/mol. The fourth-order valence-electron chi connectivity index (χ4n) is 2.71. The molecule has 0 saturated carbocycles. The molecule has 158 valence electrons. The van der Waals surface area contributed by atoms with E-state index in [1.165, 1.54) is 13.0 Å². The van der Waals surface area contributed by atoms with E-state index in [9.17, 15) is 22.8 Å². The number of halogens is 3. The molecule has 0 unspecified atom stereocenters. The van der Waals surface area contributed by atoms with Crippen LogP contribution in [0.25, 0.3) is 5.65 Å². The van der Waals surface area contributed by atoms with Crippen LogP contribution < -0.4 is 10.6 Å². The normalized spacial score (nSPS) is 12.1. The first-order valence-corrected chi connectivity index (χ1v) is 9.02. The molecule has 0 saturated heterocycles. The lowest BCUT2D eigenvalue weighted by molar-refractivity contribution is -0.142. The second kappa shape index (κ2) is 7.43. The number of nitrogens with zero attached hydrogens (tertiary/aromatic N) is 3. The van der Waals surface area contributed by atoms with Crippen molar-refractivity contribution in [2.45, 2.75) is 39.3 Å². The summed E-state index contributed by atoms with van der Waals surface area (Å²) >= 11 is 0. The quantitative estimate of drug-likeness (QED) is 0.664. The molecule has 0 radical (unpaired) electrons. The van der Waals surface area contributed by atoms with Gasteiger partial charge in [0.2, 0.25) is 5.91 Å². The zero-order valence-corrected chi connectivity index (χ0v) is 16.8. The topological polar surface area (TPSA) is 88.4 Å². The summed E-state index contributed by atoms with van der Waals surface area (Å²) in [7, 11) is 0. The van der Waals surface area contributed by atoms with Gasteiger partial charge in [-0.3, -0.25) is 9.59 Å². The van der Waals surface area contributed by atoms with Gasteiger partial charge in [0.15, 0.2) is 11.3 Å². The van der Waals surface area contributed by atoms with Crippen LogP contribution in [0.5, 0.6) is 0 Å². The first-order valence-electron chi connectivity index (χ1n) is 9.02. The first kappa shape index (κ1) is 21.3. The minimum Gasteiger partial charge on any atom is -0.326 e. The fraction of sp³-hybridized carbons (Fsp3) is 0.300. The van der Waals surface area contributed by atoms with E-state index < -0.39 is 23.2 Å². The molecular formula is C20H20F3N5O2. The van der Waals surface area contributed by atoms with E-state index in [4.69, 9.17) is 0 Å². The Labute approximate surface area is 170 Å². The molecule has 0 aliphatic heterocycles. The minimum absolute atomic E-state index is 0.0686. The van der Waals surface area contributed by atoms with E-state index in [-0.39, 0.29) is 22.9 Å². The van der Waals surface area contributed by atoms with E-state index in [0.29, 0.717) is 15.9 Å². The molecule has 2 amide bonds. The highest BCUT2D eigenvalue weighted by Gasteiger charge is 2.36. The second-order valence-corrected chi connectivity index (χ2v) is 7.79. The Hall–Kier alpha value is -3.43. The Kier molecular flexibility index (Phi) is 5.27. The third-order valence-electron chi connectivity index (χ3n) is 4.18. The van der Waals surface area contributed by atoms with Crippen molar-refractivity contribution in [1.29, 1.82) is 0 Å². The van der Waals surface area contributed by atoms with Crippen molar-refractivity contribution in [1.82, 2.24) is 14.6 Å². The van der Waals surface area contributed by atoms with E-state index >= 15 is 0 Å². The van der Waals surface area contributed by atoms with Gasteiger partial charge in [-0.15, -0.1) is 0 Å². The lowest BCUT2D eigenvalue weighted by atomic mass is 9.91. The van der Waals surface area contributed by atoms with Crippen LogP contribution in [0.2, 0.25) is 0 Å². The van der Waals surface area contributed by atoms with Crippen LogP contribution in [0, 0.1) is 0 Å². The molecule has 10 heteroatoms. The van der Waals surface area contributed by atoms with Gasteiger partial charge in [-0.05, 0) is 30.3 Å². The molecule has 2 aromatic heterocycles. The number of amides is 2. The summed E-state index contributed by atoms with van der Waals surface area (Å²) in [6.07, 6.45) is -4.67. The van der Waals surface area contributed by atoms with Gasteiger partial charge in [0.1, 0.15) is 5.69 Å². The first-order chi connectivity index (χ1) is 13.8. The Balaban J connectivity index is 1.94. The lowest BCUT2D eigenvalue weighted by Gasteiger charge is -2.19. The molecule has 1 aromatic carbocycles. The average molecular weight is 419 g/mol. The molecule has 0 fully saturated rings. The van der Waals surface area contributed by atoms with Crippen LogP contribution >= 0.6 is 0 Å². The standard InChI is InChI=1S/C20H20F3N5O2/c1-11(29)24-12-5-7-13(8-6-12)25-18(30)14-9-17-26-15(19(2,3)4)10-16(20(21,22)23)28(17)27-14/h5-10H,1-4H3,(H,24,29)(H,25,30). The number of rotatable bonds is 3. The van der Waals surface area contributed by atoms with Crippen LogP contribution in [-0.4, -0.2) is 26.4 Å². The monoisotopic (exact) mass is 419 g/mol. The fourth-order valence-corrected chi connectivity index (χ4v) is 2.71. The van der Waals surface area contributed by atoms with E-state index in [2.05, 4.69) is 20.7 Å². The maximum Gasteiger partial charge on any atom is 0.433 e. The zero-order chi connectivity index (χ0) is 22.3. The predicted molar refractivity (Wildman–Crippen MR) is 105 cm³/mol. The summed E-state index contributed by atoms with van der Waals surface area (Å²) in [6, 6.07) is 8.43. The molecule has 0 spiro atoms. The summed E-state index contributed by atoms with van der Waals surface area (Å²) in [5, 5.41) is 8.98. The van der Waals surface area contributed by atoms with Crippen molar-refractivity contribution >= 4 is 28.8 Å². The van der Waals surface area contributed by atoms with Crippen LogP contribution in [0.1, 0.15) is 49.6 Å². The van der Waals surface area contributed by atoms with E-state index in [0.717, 1.165) is 6.07 Å². The number of anilines is 2. The highest BCUT2D eigenvalue weighted by Crippen LogP contribution is 2.32. The van der Waals surface area contributed by atoms with Gasteiger partial charge in [-0.25, -0.2) is 9.50 Å². The summed E-state index contributed by atoms with van der Waals surface area (Å²) in [5.41, 5.74) is -0.721. The largest absolute Gasteiger partial charge is 0.433 e. The van der Waals surface area contributed by atoms with Gasteiger partial charge in [-0.1, -0.05) is 20.8 Å². The van der Waals surface area contributed by atoms with Gasteiger partial charge in [0.05, 0.1) is 5.69 Å². The van der Waals surface area contributed by atoms with Crippen LogP contribution in [-0.2, 0) is 16.4 Å². The Morgan fingerprint density at radius 3 is 2.03 bits per heavy atom. The number of alkyl halides is 3. The molecule has 0 aliphatic rings. The minimum atomic E-state index is -4.67. The molecule has 2 heterocycles. The number of nitrogens with one attached hydrogen (secondary N) is 2. The maximum atomic E-state index is 13.6. The van der Waals surface area contributed by atoms with Crippen molar-refractivity contribution in [3.8, 4) is 0 Å². The van der Waals surface area contributed by atoms with E-state index in [1.807, 2.05) is 0 Å². The van der Waals surface area contributed by atoms with Crippen molar-refractivity contribution in [3.05, 3.63) is 53.5 Å². The third kappa shape index (κ3) is 4.58. The molecule has 7 nitrogen and oxygen atoms in total. The average Bonchev–Trinajstić information content (AvgIpc) is 3.04.